The first-order chi connectivity index (χ1) is 16.1. The standard InChI is InChI=1S/C25H29N3O4S/c1-18-27-21(17-33-18)16-32-23-9-5-20(6-10-23)25(29)26-15-24(28-11-13-31-14-12-28)19-3-7-22(30-2)8-4-19/h3-10,17,24H,11-16H2,1-2H3,(H,26,29)/t24-/m1/s1. The Balaban J connectivity index is 1.36. The Morgan fingerprint density at radius 2 is 1.82 bits per heavy atom. The maximum atomic E-state index is 12.8. The van der Waals surface area contributed by atoms with E-state index in [4.69, 9.17) is 14.2 Å². The summed E-state index contributed by atoms with van der Waals surface area (Å²) in [5.74, 6) is 1.42. The van der Waals surface area contributed by atoms with Crippen molar-refractivity contribution >= 4 is 17.2 Å². The lowest BCUT2D eigenvalue weighted by molar-refractivity contribution is 0.0162. The van der Waals surface area contributed by atoms with Gasteiger partial charge in [0.05, 0.1) is 37.1 Å². The van der Waals surface area contributed by atoms with Crippen molar-refractivity contribution < 1.29 is 19.0 Å². The number of aromatic nitrogens is 1. The summed E-state index contributed by atoms with van der Waals surface area (Å²) in [6.45, 7) is 5.95. The smallest absolute Gasteiger partial charge is 0.251 e. The van der Waals surface area contributed by atoms with Crippen molar-refractivity contribution in [3.8, 4) is 11.5 Å². The van der Waals surface area contributed by atoms with E-state index in [-0.39, 0.29) is 11.9 Å². The largest absolute Gasteiger partial charge is 0.497 e. The molecule has 1 aliphatic rings. The van der Waals surface area contributed by atoms with E-state index in [9.17, 15) is 4.79 Å². The van der Waals surface area contributed by atoms with E-state index >= 15 is 0 Å². The molecule has 2 heterocycles. The Kier molecular flexibility index (Phi) is 7.93. The highest BCUT2D eigenvalue weighted by Crippen LogP contribution is 2.24. The van der Waals surface area contributed by atoms with Gasteiger partial charge in [-0.05, 0) is 48.9 Å². The van der Waals surface area contributed by atoms with Crippen LogP contribution in [0.4, 0.5) is 0 Å². The van der Waals surface area contributed by atoms with Gasteiger partial charge in [-0.2, -0.15) is 0 Å². The van der Waals surface area contributed by atoms with Gasteiger partial charge in [-0.25, -0.2) is 4.98 Å². The number of benzene rings is 2. The third kappa shape index (κ3) is 6.31. The number of methoxy groups -OCH3 is 1. The van der Waals surface area contributed by atoms with Crippen LogP contribution < -0.4 is 14.8 Å². The number of carbonyl (C=O) groups excluding carboxylic acids is 1. The van der Waals surface area contributed by atoms with Crippen LogP contribution in [0.25, 0.3) is 0 Å². The maximum absolute atomic E-state index is 12.8. The number of rotatable bonds is 9. The van der Waals surface area contributed by atoms with Gasteiger partial charge in [-0.3, -0.25) is 9.69 Å². The topological polar surface area (TPSA) is 72.9 Å². The van der Waals surface area contributed by atoms with Gasteiger partial charge >= 0.3 is 0 Å². The molecule has 174 valence electrons. The van der Waals surface area contributed by atoms with Gasteiger partial charge in [-0.15, -0.1) is 11.3 Å². The number of ether oxygens (including phenoxy) is 3. The molecule has 1 aliphatic heterocycles. The number of amides is 1. The highest BCUT2D eigenvalue weighted by atomic mass is 32.1. The molecule has 2 aromatic carbocycles. The monoisotopic (exact) mass is 467 g/mol. The summed E-state index contributed by atoms with van der Waals surface area (Å²) in [4.78, 5) is 19.6. The molecule has 0 saturated carbocycles. The molecular formula is C25H29N3O4S. The van der Waals surface area contributed by atoms with Crippen LogP contribution in [0.15, 0.2) is 53.9 Å². The number of thiazole rings is 1. The van der Waals surface area contributed by atoms with Gasteiger partial charge in [0, 0.05) is 30.6 Å². The first-order valence-electron chi connectivity index (χ1n) is 11.0. The highest BCUT2D eigenvalue weighted by Gasteiger charge is 2.23. The van der Waals surface area contributed by atoms with E-state index in [1.54, 1.807) is 30.6 Å². The number of morpholine rings is 1. The molecule has 7 nitrogen and oxygen atoms in total. The molecule has 33 heavy (non-hydrogen) atoms. The number of nitrogens with zero attached hydrogens (tertiary/aromatic N) is 2. The summed E-state index contributed by atoms with van der Waals surface area (Å²) in [7, 11) is 1.66. The van der Waals surface area contributed by atoms with E-state index in [0.29, 0.717) is 37.7 Å². The second kappa shape index (κ2) is 11.3. The quantitative estimate of drug-likeness (QED) is 0.516. The van der Waals surface area contributed by atoms with Gasteiger partial charge < -0.3 is 19.5 Å². The van der Waals surface area contributed by atoms with Crippen LogP contribution in [-0.2, 0) is 11.3 Å². The van der Waals surface area contributed by atoms with Crippen molar-refractivity contribution in [3.63, 3.8) is 0 Å². The van der Waals surface area contributed by atoms with E-state index in [0.717, 1.165) is 35.1 Å². The Bertz CT molecular complexity index is 1030. The van der Waals surface area contributed by atoms with Crippen molar-refractivity contribution in [1.29, 1.82) is 0 Å². The zero-order chi connectivity index (χ0) is 23.0. The Labute approximate surface area is 198 Å². The van der Waals surface area contributed by atoms with Gasteiger partial charge in [0.2, 0.25) is 0 Å². The normalized spacial score (nSPS) is 15.1. The second-order valence-corrected chi connectivity index (χ2v) is 8.88. The molecule has 1 aromatic heterocycles. The van der Waals surface area contributed by atoms with Crippen molar-refractivity contribution in [2.24, 2.45) is 0 Å². The van der Waals surface area contributed by atoms with Crippen LogP contribution in [0.3, 0.4) is 0 Å². The van der Waals surface area contributed by atoms with E-state index in [1.807, 2.05) is 36.6 Å². The summed E-state index contributed by atoms with van der Waals surface area (Å²) in [5.41, 5.74) is 2.65. The molecule has 0 bridgehead atoms. The SMILES string of the molecule is COc1ccc([C@@H](CNC(=O)c2ccc(OCc3csc(C)n3)cc2)N2CCOCC2)cc1. The molecule has 0 spiro atoms. The van der Waals surface area contributed by atoms with Crippen molar-refractivity contribution in [2.75, 3.05) is 40.0 Å². The third-order valence-corrected chi connectivity index (χ3v) is 6.44. The number of hydrogen-bond acceptors (Lipinski definition) is 7. The molecule has 0 unspecified atom stereocenters. The zero-order valence-electron chi connectivity index (χ0n) is 19.0. The van der Waals surface area contributed by atoms with E-state index in [2.05, 4.69) is 27.3 Å². The lowest BCUT2D eigenvalue weighted by atomic mass is 10.0. The molecule has 1 N–H and O–H groups in total. The number of carbonyl (C=O) groups is 1. The Morgan fingerprint density at radius 3 is 2.45 bits per heavy atom. The highest BCUT2D eigenvalue weighted by molar-refractivity contribution is 7.09. The Hall–Kier alpha value is -2.94. The number of nitrogens with one attached hydrogen (secondary N) is 1. The van der Waals surface area contributed by atoms with Crippen molar-refractivity contribution in [2.45, 2.75) is 19.6 Å². The second-order valence-electron chi connectivity index (χ2n) is 7.82. The Morgan fingerprint density at radius 1 is 1.12 bits per heavy atom. The molecule has 1 saturated heterocycles. The van der Waals surface area contributed by atoms with E-state index in [1.165, 1.54) is 0 Å². The minimum Gasteiger partial charge on any atom is -0.497 e. The molecule has 1 fully saturated rings. The molecule has 1 amide bonds. The number of hydrogen-bond donors (Lipinski definition) is 1. The van der Waals surface area contributed by atoms with Crippen LogP contribution in [0.5, 0.6) is 11.5 Å². The molecule has 0 aliphatic carbocycles. The fourth-order valence-corrected chi connectivity index (χ4v) is 4.40. The third-order valence-electron chi connectivity index (χ3n) is 5.61. The van der Waals surface area contributed by atoms with Crippen molar-refractivity contribution in [3.05, 3.63) is 75.7 Å². The average Bonchev–Trinajstić information content (AvgIpc) is 3.29. The van der Waals surface area contributed by atoms with Gasteiger partial charge in [0.15, 0.2) is 0 Å². The maximum Gasteiger partial charge on any atom is 0.251 e. The summed E-state index contributed by atoms with van der Waals surface area (Å²) in [5, 5.41) is 6.11. The van der Waals surface area contributed by atoms with Gasteiger partial charge in [0.25, 0.3) is 5.91 Å². The first-order valence-corrected chi connectivity index (χ1v) is 11.9. The fourth-order valence-electron chi connectivity index (χ4n) is 3.80. The van der Waals surface area contributed by atoms with E-state index < -0.39 is 0 Å². The average molecular weight is 468 g/mol. The summed E-state index contributed by atoms with van der Waals surface area (Å²) in [6, 6.07) is 15.3. The lowest BCUT2D eigenvalue weighted by Gasteiger charge is -2.35. The minimum atomic E-state index is -0.108. The van der Waals surface area contributed by atoms with Gasteiger partial charge in [-0.1, -0.05) is 12.1 Å². The molecule has 8 heteroatoms. The molecule has 1 atom stereocenters. The lowest BCUT2D eigenvalue weighted by Crippen LogP contribution is -2.43. The van der Waals surface area contributed by atoms with Gasteiger partial charge in [0.1, 0.15) is 18.1 Å². The molecular weight excluding hydrogens is 438 g/mol. The summed E-state index contributed by atoms with van der Waals surface area (Å²) < 4.78 is 16.6. The predicted octanol–water partition coefficient (Wildman–Crippen LogP) is 3.84. The van der Waals surface area contributed by atoms with Crippen LogP contribution >= 0.6 is 11.3 Å². The minimum absolute atomic E-state index is 0.0629. The fraction of sp³-hybridized carbons (Fsp3) is 0.360. The van der Waals surface area contributed by atoms with Crippen LogP contribution in [0, 0.1) is 6.92 Å². The molecule has 4 rings (SSSR count). The van der Waals surface area contributed by atoms with Crippen LogP contribution in [0.2, 0.25) is 0 Å². The number of aryl methyl sites for hydroxylation is 1. The molecule has 0 radical (unpaired) electrons. The summed E-state index contributed by atoms with van der Waals surface area (Å²) >= 11 is 1.60. The van der Waals surface area contributed by atoms with Crippen molar-refractivity contribution in [1.82, 2.24) is 15.2 Å². The molecule has 3 aromatic rings. The predicted molar refractivity (Wildman–Crippen MR) is 128 cm³/mol. The first kappa shape index (κ1) is 23.2. The van der Waals surface area contributed by atoms with Crippen LogP contribution in [0.1, 0.15) is 32.7 Å². The summed E-state index contributed by atoms with van der Waals surface area (Å²) in [6.07, 6.45) is 0. The van der Waals surface area contributed by atoms with Crippen LogP contribution in [-0.4, -0.2) is 55.7 Å². The zero-order valence-corrected chi connectivity index (χ0v) is 19.8.